The Balaban J connectivity index is 1.44. The van der Waals surface area contributed by atoms with Gasteiger partial charge in [-0.1, -0.05) is 0 Å². The van der Waals surface area contributed by atoms with Crippen molar-refractivity contribution in [1.29, 1.82) is 0 Å². The molecule has 2 saturated heterocycles. The highest BCUT2D eigenvalue weighted by Gasteiger charge is 2.25. The monoisotopic (exact) mass is 384 g/mol. The zero-order valence-electron chi connectivity index (χ0n) is 16.4. The number of benzene rings is 1. The Hall–Kier alpha value is -2.41. The van der Waals surface area contributed by atoms with E-state index in [4.69, 9.17) is 9.84 Å². The van der Waals surface area contributed by atoms with Crippen molar-refractivity contribution >= 4 is 17.0 Å². The first-order valence-electron chi connectivity index (χ1n) is 10.1. The van der Waals surface area contributed by atoms with Gasteiger partial charge in [-0.3, -0.25) is 0 Å². The summed E-state index contributed by atoms with van der Waals surface area (Å²) in [5.41, 5.74) is 1.92. The Morgan fingerprint density at radius 3 is 2.61 bits per heavy atom. The Bertz CT molecular complexity index is 828. The van der Waals surface area contributed by atoms with Gasteiger partial charge in [-0.15, -0.1) is 0 Å². The lowest BCUT2D eigenvalue weighted by Gasteiger charge is -2.30. The topological polar surface area (TPSA) is 78.8 Å². The maximum Gasteiger partial charge on any atom is 0.407 e. The van der Waals surface area contributed by atoms with E-state index in [0.717, 1.165) is 54.9 Å². The molecule has 28 heavy (non-hydrogen) atoms. The summed E-state index contributed by atoms with van der Waals surface area (Å²) in [5.74, 6) is 1.75. The van der Waals surface area contributed by atoms with E-state index in [9.17, 15) is 4.79 Å². The van der Waals surface area contributed by atoms with E-state index in [1.54, 1.807) is 6.33 Å². The van der Waals surface area contributed by atoms with Gasteiger partial charge in [-0.2, -0.15) is 0 Å². The van der Waals surface area contributed by atoms with Crippen molar-refractivity contribution < 1.29 is 14.6 Å². The minimum absolute atomic E-state index is 0.270. The molecule has 2 aliphatic rings. The summed E-state index contributed by atoms with van der Waals surface area (Å²) in [7, 11) is 2.17. The van der Waals surface area contributed by atoms with E-state index >= 15 is 0 Å². The highest BCUT2D eigenvalue weighted by molar-refractivity contribution is 5.82. The predicted octanol–water partition coefficient (Wildman–Crippen LogP) is 3.21. The van der Waals surface area contributed by atoms with Gasteiger partial charge >= 0.3 is 6.09 Å². The molecule has 1 aromatic carbocycles. The van der Waals surface area contributed by atoms with Crippen molar-refractivity contribution in [2.45, 2.75) is 31.6 Å². The van der Waals surface area contributed by atoms with Gasteiger partial charge in [0.25, 0.3) is 0 Å². The van der Waals surface area contributed by atoms with Crippen LogP contribution in [0.5, 0.6) is 5.75 Å². The maximum atomic E-state index is 11.1. The number of fused-ring (bicyclic) bond motifs is 1. The molecule has 2 fully saturated rings. The fraction of sp³-hybridized carbons (Fsp3) is 0.571. The van der Waals surface area contributed by atoms with Crippen LogP contribution in [0.25, 0.3) is 10.9 Å². The van der Waals surface area contributed by atoms with Gasteiger partial charge in [0, 0.05) is 30.5 Å². The van der Waals surface area contributed by atoms with E-state index in [2.05, 4.69) is 28.0 Å². The van der Waals surface area contributed by atoms with Gasteiger partial charge in [-0.05, 0) is 63.9 Å². The second-order valence-corrected chi connectivity index (χ2v) is 8.04. The summed E-state index contributed by atoms with van der Waals surface area (Å²) in [6.07, 6.45) is 4.75. The highest BCUT2D eigenvalue weighted by Crippen LogP contribution is 2.32. The molecule has 150 valence electrons. The third-order valence-corrected chi connectivity index (χ3v) is 6.11. The number of aromatic nitrogens is 2. The molecule has 0 atom stereocenters. The molecule has 2 aliphatic heterocycles. The average Bonchev–Trinajstić information content (AvgIpc) is 2.73. The molecular formula is C21H28N4O3. The number of ether oxygens (including phenoxy) is 1. The Kier molecular flexibility index (Phi) is 5.62. The standard InChI is InChI=1S/C21H28N4O3/c1-24-8-4-15(5-9-24)13-28-17-2-3-18-19(12-17)22-14-23-20(18)16-6-10-25(11-7-16)21(26)27/h2-3,12,14-16H,4-11,13H2,1H3,(H,26,27). The van der Waals surface area contributed by atoms with Crippen LogP contribution in [-0.4, -0.2) is 70.8 Å². The molecule has 2 aromatic rings. The summed E-state index contributed by atoms with van der Waals surface area (Å²) in [5, 5.41) is 10.2. The third kappa shape index (κ3) is 4.19. The largest absolute Gasteiger partial charge is 0.493 e. The minimum atomic E-state index is -0.836. The van der Waals surface area contributed by atoms with Crippen molar-refractivity contribution in [2.75, 3.05) is 39.8 Å². The summed E-state index contributed by atoms with van der Waals surface area (Å²) < 4.78 is 6.06. The normalized spacial score (nSPS) is 19.8. The molecule has 0 bridgehead atoms. The SMILES string of the molecule is CN1CCC(COc2ccc3c(C4CCN(C(=O)O)CC4)ncnc3c2)CC1. The van der Waals surface area contributed by atoms with E-state index in [-0.39, 0.29) is 5.92 Å². The van der Waals surface area contributed by atoms with Crippen LogP contribution in [0.2, 0.25) is 0 Å². The summed E-state index contributed by atoms with van der Waals surface area (Å²) in [6.45, 7) is 4.16. The lowest BCUT2D eigenvalue weighted by molar-refractivity contribution is 0.132. The first-order valence-corrected chi connectivity index (χ1v) is 10.1. The lowest BCUT2D eigenvalue weighted by atomic mass is 9.91. The van der Waals surface area contributed by atoms with E-state index in [1.807, 2.05) is 12.1 Å². The second kappa shape index (κ2) is 8.31. The maximum absolute atomic E-state index is 11.1. The van der Waals surface area contributed by atoms with Gasteiger partial charge in [-0.25, -0.2) is 14.8 Å². The van der Waals surface area contributed by atoms with Crippen molar-refractivity contribution in [3.05, 3.63) is 30.2 Å². The number of hydrogen-bond acceptors (Lipinski definition) is 5. The second-order valence-electron chi connectivity index (χ2n) is 8.04. The van der Waals surface area contributed by atoms with Crippen molar-refractivity contribution in [1.82, 2.24) is 19.8 Å². The van der Waals surface area contributed by atoms with Crippen LogP contribution in [0.4, 0.5) is 4.79 Å². The Morgan fingerprint density at radius 1 is 1.14 bits per heavy atom. The molecular weight excluding hydrogens is 356 g/mol. The van der Waals surface area contributed by atoms with Crippen LogP contribution in [-0.2, 0) is 0 Å². The number of piperidine rings is 2. The van der Waals surface area contributed by atoms with Crippen molar-refractivity contribution in [2.24, 2.45) is 5.92 Å². The smallest absolute Gasteiger partial charge is 0.407 e. The van der Waals surface area contributed by atoms with Crippen LogP contribution in [0.1, 0.15) is 37.3 Å². The zero-order valence-corrected chi connectivity index (χ0v) is 16.4. The molecule has 0 unspecified atom stereocenters. The molecule has 0 aliphatic carbocycles. The van der Waals surface area contributed by atoms with Gasteiger partial charge < -0.3 is 19.6 Å². The first-order chi connectivity index (χ1) is 13.6. The molecule has 7 heteroatoms. The van der Waals surface area contributed by atoms with Crippen LogP contribution in [0.15, 0.2) is 24.5 Å². The molecule has 0 saturated carbocycles. The molecule has 4 rings (SSSR count). The van der Waals surface area contributed by atoms with Crippen LogP contribution >= 0.6 is 0 Å². The van der Waals surface area contributed by atoms with Gasteiger partial charge in [0.05, 0.1) is 17.8 Å². The van der Waals surface area contributed by atoms with E-state index in [0.29, 0.717) is 19.0 Å². The molecule has 3 heterocycles. The Morgan fingerprint density at radius 2 is 1.89 bits per heavy atom. The highest BCUT2D eigenvalue weighted by atomic mass is 16.5. The number of rotatable bonds is 4. The quantitative estimate of drug-likeness (QED) is 0.872. The van der Waals surface area contributed by atoms with Gasteiger partial charge in [0.15, 0.2) is 0 Å². The fourth-order valence-corrected chi connectivity index (χ4v) is 4.26. The molecule has 1 aromatic heterocycles. The lowest BCUT2D eigenvalue weighted by Crippen LogP contribution is -2.37. The number of hydrogen-bond donors (Lipinski definition) is 1. The predicted molar refractivity (Wildman–Crippen MR) is 107 cm³/mol. The van der Waals surface area contributed by atoms with E-state index < -0.39 is 6.09 Å². The average molecular weight is 384 g/mol. The Labute approximate surface area is 165 Å². The van der Waals surface area contributed by atoms with Crippen molar-refractivity contribution in [3.8, 4) is 5.75 Å². The number of nitrogens with zero attached hydrogens (tertiary/aromatic N) is 4. The summed E-state index contributed by atoms with van der Waals surface area (Å²) in [4.78, 5) is 23.9. The van der Waals surface area contributed by atoms with Crippen LogP contribution in [0, 0.1) is 5.92 Å². The van der Waals surface area contributed by atoms with Crippen LogP contribution < -0.4 is 4.74 Å². The zero-order chi connectivity index (χ0) is 19.5. The van der Waals surface area contributed by atoms with Gasteiger partial charge in [0.2, 0.25) is 0 Å². The molecule has 0 spiro atoms. The minimum Gasteiger partial charge on any atom is -0.493 e. The number of carboxylic acid groups (broad SMARTS) is 1. The van der Waals surface area contributed by atoms with Crippen molar-refractivity contribution in [3.63, 3.8) is 0 Å². The molecule has 1 amide bonds. The first kappa shape index (κ1) is 18.9. The summed E-state index contributed by atoms with van der Waals surface area (Å²) in [6, 6.07) is 6.07. The number of likely N-dealkylation sites (tertiary alicyclic amines) is 2. The van der Waals surface area contributed by atoms with Gasteiger partial charge in [0.1, 0.15) is 12.1 Å². The van der Waals surface area contributed by atoms with Crippen LogP contribution in [0.3, 0.4) is 0 Å². The summed E-state index contributed by atoms with van der Waals surface area (Å²) >= 11 is 0. The molecule has 0 radical (unpaired) electrons. The van der Waals surface area contributed by atoms with E-state index in [1.165, 1.54) is 17.7 Å². The molecule has 1 N–H and O–H groups in total. The number of carbonyl (C=O) groups is 1. The fourth-order valence-electron chi connectivity index (χ4n) is 4.26. The number of amides is 1. The molecule has 7 nitrogen and oxygen atoms in total. The third-order valence-electron chi connectivity index (χ3n) is 6.11.